The van der Waals surface area contributed by atoms with E-state index in [2.05, 4.69) is 27.5 Å². The number of aromatic nitrogens is 2. The van der Waals surface area contributed by atoms with Crippen molar-refractivity contribution in [3.63, 3.8) is 0 Å². The second-order valence-corrected chi connectivity index (χ2v) is 4.77. The van der Waals surface area contributed by atoms with E-state index in [1.54, 1.807) is 0 Å². The van der Waals surface area contributed by atoms with Gasteiger partial charge in [0.15, 0.2) is 0 Å². The number of benzene rings is 1. The van der Waals surface area contributed by atoms with E-state index in [1.165, 1.54) is 23.9 Å². The monoisotopic (exact) mass is 227 g/mol. The van der Waals surface area contributed by atoms with Crippen molar-refractivity contribution in [1.29, 1.82) is 0 Å². The number of imidazole rings is 1. The summed E-state index contributed by atoms with van der Waals surface area (Å²) >= 11 is 0. The van der Waals surface area contributed by atoms with Crippen LogP contribution < -0.4 is 5.32 Å². The maximum absolute atomic E-state index is 4.38. The first-order valence-electron chi connectivity index (χ1n) is 6.13. The van der Waals surface area contributed by atoms with E-state index in [9.17, 15) is 0 Å². The summed E-state index contributed by atoms with van der Waals surface area (Å²) in [6.45, 7) is 5.89. The Bertz CT molecular complexity index is 537. The Morgan fingerprint density at radius 2 is 2.24 bits per heavy atom. The second-order valence-electron chi connectivity index (χ2n) is 4.77. The van der Waals surface area contributed by atoms with Crippen molar-refractivity contribution >= 4 is 11.0 Å². The lowest BCUT2D eigenvalue weighted by Crippen LogP contribution is -2.20. The van der Waals surface area contributed by atoms with Gasteiger partial charge in [0, 0.05) is 19.1 Å². The lowest BCUT2D eigenvalue weighted by molar-refractivity contribution is 0.689. The molecule has 1 aliphatic rings. The first-order chi connectivity index (χ1) is 8.33. The van der Waals surface area contributed by atoms with Gasteiger partial charge in [-0.2, -0.15) is 0 Å². The molecule has 3 nitrogen and oxygen atoms in total. The summed E-state index contributed by atoms with van der Waals surface area (Å²) in [5.74, 6) is 0. The molecule has 1 aliphatic carbocycles. The molecule has 1 fully saturated rings. The van der Waals surface area contributed by atoms with Gasteiger partial charge in [0.05, 0.1) is 17.4 Å². The molecule has 0 unspecified atom stereocenters. The Morgan fingerprint density at radius 3 is 3.06 bits per heavy atom. The summed E-state index contributed by atoms with van der Waals surface area (Å²) in [6, 6.07) is 8.95. The fourth-order valence-corrected chi connectivity index (χ4v) is 2.01. The number of hydrogen-bond acceptors (Lipinski definition) is 2. The van der Waals surface area contributed by atoms with Crippen LogP contribution in [0.5, 0.6) is 0 Å². The van der Waals surface area contributed by atoms with E-state index in [1.807, 2.05) is 24.5 Å². The molecule has 3 rings (SSSR count). The molecule has 0 amide bonds. The molecular weight excluding hydrogens is 210 g/mol. The quantitative estimate of drug-likeness (QED) is 0.795. The van der Waals surface area contributed by atoms with E-state index in [0.29, 0.717) is 0 Å². The molecule has 17 heavy (non-hydrogen) atoms. The van der Waals surface area contributed by atoms with Crippen LogP contribution in [0.4, 0.5) is 0 Å². The van der Waals surface area contributed by atoms with Crippen LogP contribution in [0.15, 0.2) is 42.7 Å². The number of nitrogens with one attached hydrogen (secondary N) is 1. The SMILES string of the molecule is C=C(CNC1CC1)Cn1cnc2ccccc21. The minimum atomic E-state index is 0.742. The van der Waals surface area contributed by atoms with E-state index in [-0.39, 0.29) is 0 Å². The van der Waals surface area contributed by atoms with E-state index >= 15 is 0 Å². The van der Waals surface area contributed by atoms with Gasteiger partial charge in [-0.15, -0.1) is 0 Å². The topological polar surface area (TPSA) is 29.9 Å². The molecule has 1 aromatic heterocycles. The van der Waals surface area contributed by atoms with Crippen LogP contribution in [0.25, 0.3) is 11.0 Å². The van der Waals surface area contributed by atoms with Crippen molar-refractivity contribution in [3.05, 3.63) is 42.7 Å². The zero-order valence-corrected chi connectivity index (χ0v) is 9.89. The zero-order valence-electron chi connectivity index (χ0n) is 9.89. The highest BCUT2D eigenvalue weighted by molar-refractivity contribution is 5.75. The number of rotatable bonds is 5. The molecule has 1 N–H and O–H groups in total. The number of fused-ring (bicyclic) bond motifs is 1. The van der Waals surface area contributed by atoms with Gasteiger partial charge in [0.1, 0.15) is 0 Å². The van der Waals surface area contributed by atoms with E-state index in [4.69, 9.17) is 0 Å². The maximum atomic E-state index is 4.38. The highest BCUT2D eigenvalue weighted by atomic mass is 15.0. The van der Waals surface area contributed by atoms with Crippen molar-refractivity contribution in [3.8, 4) is 0 Å². The Hall–Kier alpha value is -1.61. The summed E-state index contributed by atoms with van der Waals surface area (Å²) in [5, 5.41) is 3.48. The number of nitrogens with zero attached hydrogens (tertiary/aromatic N) is 2. The van der Waals surface area contributed by atoms with E-state index < -0.39 is 0 Å². The Kier molecular flexibility index (Phi) is 2.69. The van der Waals surface area contributed by atoms with Crippen LogP contribution in [0.2, 0.25) is 0 Å². The molecule has 0 saturated heterocycles. The molecule has 2 aromatic rings. The third kappa shape index (κ3) is 2.39. The predicted molar refractivity (Wildman–Crippen MR) is 69.9 cm³/mol. The first-order valence-corrected chi connectivity index (χ1v) is 6.13. The van der Waals surface area contributed by atoms with Crippen LogP contribution in [0, 0.1) is 0 Å². The molecule has 0 spiro atoms. The zero-order chi connectivity index (χ0) is 11.7. The average molecular weight is 227 g/mol. The van der Waals surface area contributed by atoms with Gasteiger partial charge >= 0.3 is 0 Å². The molecule has 1 heterocycles. The third-order valence-corrected chi connectivity index (χ3v) is 3.14. The van der Waals surface area contributed by atoms with Gasteiger partial charge in [-0.1, -0.05) is 18.7 Å². The minimum absolute atomic E-state index is 0.742. The van der Waals surface area contributed by atoms with Crippen molar-refractivity contribution in [1.82, 2.24) is 14.9 Å². The minimum Gasteiger partial charge on any atom is -0.326 e. The molecule has 0 radical (unpaired) electrons. The summed E-state index contributed by atoms with van der Waals surface area (Å²) < 4.78 is 2.16. The molecule has 1 aromatic carbocycles. The van der Waals surface area contributed by atoms with Gasteiger partial charge in [0.25, 0.3) is 0 Å². The lowest BCUT2D eigenvalue weighted by Gasteiger charge is -2.08. The van der Waals surface area contributed by atoms with E-state index in [0.717, 1.165) is 24.6 Å². The fourth-order valence-electron chi connectivity index (χ4n) is 2.01. The predicted octanol–water partition coefficient (Wildman–Crippen LogP) is 2.34. The maximum Gasteiger partial charge on any atom is 0.0961 e. The van der Waals surface area contributed by atoms with Crippen molar-refractivity contribution in [2.75, 3.05) is 6.54 Å². The van der Waals surface area contributed by atoms with Gasteiger partial charge in [-0.25, -0.2) is 4.98 Å². The summed E-state index contributed by atoms with van der Waals surface area (Å²) in [6.07, 6.45) is 4.54. The van der Waals surface area contributed by atoms with Gasteiger partial charge in [-0.05, 0) is 30.5 Å². The van der Waals surface area contributed by atoms with Crippen LogP contribution in [0.3, 0.4) is 0 Å². The number of hydrogen-bond donors (Lipinski definition) is 1. The third-order valence-electron chi connectivity index (χ3n) is 3.14. The Balaban J connectivity index is 1.68. The van der Waals surface area contributed by atoms with Gasteiger partial charge < -0.3 is 9.88 Å². The van der Waals surface area contributed by atoms with Crippen LogP contribution in [-0.2, 0) is 6.54 Å². The smallest absolute Gasteiger partial charge is 0.0961 e. The van der Waals surface area contributed by atoms with Gasteiger partial charge in [-0.3, -0.25) is 0 Å². The molecule has 1 saturated carbocycles. The molecule has 88 valence electrons. The highest BCUT2D eigenvalue weighted by Gasteiger charge is 2.20. The van der Waals surface area contributed by atoms with Crippen molar-refractivity contribution < 1.29 is 0 Å². The van der Waals surface area contributed by atoms with Crippen molar-refractivity contribution in [2.45, 2.75) is 25.4 Å². The molecule has 0 bridgehead atoms. The van der Waals surface area contributed by atoms with Crippen LogP contribution in [0.1, 0.15) is 12.8 Å². The van der Waals surface area contributed by atoms with Crippen molar-refractivity contribution in [2.24, 2.45) is 0 Å². The van der Waals surface area contributed by atoms with Crippen LogP contribution >= 0.6 is 0 Å². The highest BCUT2D eigenvalue weighted by Crippen LogP contribution is 2.19. The van der Waals surface area contributed by atoms with Gasteiger partial charge in [0.2, 0.25) is 0 Å². The Labute approximate surface area is 101 Å². The summed E-state index contributed by atoms with van der Waals surface area (Å²) in [4.78, 5) is 4.38. The second kappa shape index (κ2) is 4.34. The Morgan fingerprint density at radius 1 is 1.41 bits per heavy atom. The number of para-hydroxylation sites is 2. The molecular formula is C14H17N3. The largest absolute Gasteiger partial charge is 0.326 e. The first kappa shape index (κ1) is 10.5. The molecule has 3 heteroatoms. The average Bonchev–Trinajstić information content (AvgIpc) is 3.10. The molecule has 0 aliphatic heterocycles. The normalized spacial score (nSPS) is 15.3. The molecule has 0 atom stereocenters. The fraction of sp³-hybridized carbons (Fsp3) is 0.357. The summed E-state index contributed by atoms with van der Waals surface area (Å²) in [5.41, 5.74) is 3.44. The standard InChI is InChI=1S/C14H17N3/c1-11(8-15-12-6-7-12)9-17-10-16-13-4-2-3-5-14(13)17/h2-5,10,12,15H,1,6-9H2. The summed E-state index contributed by atoms with van der Waals surface area (Å²) in [7, 11) is 0. The van der Waals surface area contributed by atoms with Crippen LogP contribution in [-0.4, -0.2) is 22.1 Å². The lowest BCUT2D eigenvalue weighted by atomic mass is 10.2.